The highest BCUT2D eigenvalue weighted by atomic mass is 35.5. The van der Waals surface area contributed by atoms with Gasteiger partial charge >= 0.3 is 0 Å². The largest absolute Gasteiger partial charge is 0.493 e. The molecule has 3 rings (SSSR count). The van der Waals surface area contributed by atoms with Crippen LogP contribution in [-0.4, -0.2) is 33.0 Å². The van der Waals surface area contributed by atoms with Crippen LogP contribution in [0.15, 0.2) is 30.3 Å². The third-order valence-corrected chi connectivity index (χ3v) is 4.23. The second-order valence-electron chi connectivity index (χ2n) is 5.39. The lowest BCUT2D eigenvalue weighted by Crippen LogP contribution is -2.29. The summed E-state index contributed by atoms with van der Waals surface area (Å²) in [5.74, 6) is -0.451. The van der Waals surface area contributed by atoms with Gasteiger partial charge in [0.25, 0.3) is 11.7 Å². The standard InChI is InChI=1S/C18H16ClNO5/c1-23-13-8-12-14(17(25-3)16(13)24-2)15(21)18(22)20(12)9-10-5-4-6-11(19)7-10/h4-8H,9H2,1-3H3. The normalized spacial score (nSPS) is 13.0. The van der Waals surface area contributed by atoms with Crippen molar-refractivity contribution >= 4 is 29.0 Å². The molecular formula is C18H16ClNO5. The molecule has 2 aromatic carbocycles. The molecule has 7 heteroatoms. The van der Waals surface area contributed by atoms with Crippen LogP contribution in [0.3, 0.4) is 0 Å². The van der Waals surface area contributed by atoms with Gasteiger partial charge in [-0.3, -0.25) is 9.59 Å². The molecule has 0 N–H and O–H groups in total. The van der Waals surface area contributed by atoms with E-state index in [0.717, 1.165) is 5.56 Å². The van der Waals surface area contributed by atoms with Gasteiger partial charge in [-0.25, -0.2) is 0 Å². The summed E-state index contributed by atoms with van der Waals surface area (Å²) >= 11 is 6.00. The van der Waals surface area contributed by atoms with Gasteiger partial charge in [-0.05, 0) is 17.7 Å². The Morgan fingerprint density at radius 2 is 1.72 bits per heavy atom. The number of hydrogen-bond acceptors (Lipinski definition) is 5. The van der Waals surface area contributed by atoms with Crippen molar-refractivity contribution in [3.05, 3.63) is 46.5 Å². The summed E-state index contributed by atoms with van der Waals surface area (Å²) in [5, 5.41) is 0.556. The van der Waals surface area contributed by atoms with E-state index in [4.69, 9.17) is 25.8 Å². The number of ketones is 1. The molecule has 1 aliphatic rings. The summed E-state index contributed by atoms with van der Waals surface area (Å²) < 4.78 is 15.9. The smallest absolute Gasteiger partial charge is 0.299 e. The monoisotopic (exact) mass is 361 g/mol. The summed E-state index contributed by atoms with van der Waals surface area (Å²) in [7, 11) is 4.33. The van der Waals surface area contributed by atoms with Crippen LogP contribution in [0.5, 0.6) is 17.2 Å². The Balaban J connectivity index is 2.14. The molecule has 0 aromatic heterocycles. The molecule has 25 heavy (non-hydrogen) atoms. The van der Waals surface area contributed by atoms with Crippen LogP contribution in [-0.2, 0) is 11.3 Å². The number of hydrogen-bond donors (Lipinski definition) is 0. The zero-order valence-corrected chi connectivity index (χ0v) is 14.7. The summed E-state index contributed by atoms with van der Waals surface area (Å²) in [5.41, 5.74) is 1.40. The average Bonchev–Trinajstić information content (AvgIpc) is 2.84. The molecule has 0 fully saturated rings. The van der Waals surface area contributed by atoms with Crippen molar-refractivity contribution in [2.45, 2.75) is 6.54 Å². The molecule has 1 heterocycles. The summed E-state index contributed by atoms with van der Waals surface area (Å²) in [6.07, 6.45) is 0. The number of carbonyl (C=O) groups is 2. The van der Waals surface area contributed by atoms with E-state index in [2.05, 4.69) is 0 Å². The topological polar surface area (TPSA) is 65.1 Å². The van der Waals surface area contributed by atoms with Gasteiger partial charge in [0.1, 0.15) is 0 Å². The number of nitrogens with zero attached hydrogens (tertiary/aromatic N) is 1. The van der Waals surface area contributed by atoms with Crippen molar-refractivity contribution in [2.75, 3.05) is 26.2 Å². The number of carbonyl (C=O) groups excluding carboxylic acids is 2. The van der Waals surface area contributed by atoms with E-state index >= 15 is 0 Å². The number of fused-ring (bicyclic) bond motifs is 1. The highest BCUT2D eigenvalue weighted by Gasteiger charge is 2.41. The quantitative estimate of drug-likeness (QED) is 0.766. The fourth-order valence-electron chi connectivity index (χ4n) is 2.89. The maximum atomic E-state index is 12.5. The molecule has 0 spiro atoms. The van der Waals surface area contributed by atoms with Crippen LogP contribution in [0.4, 0.5) is 5.69 Å². The zero-order valence-electron chi connectivity index (χ0n) is 14.0. The second kappa shape index (κ2) is 6.64. The number of ether oxygens (including phenoxy) is 3. The highest BCUT2D eigenvalue weighted by Crippen LogP contribution is 2.48. The van der Waals surface area contributed by atoms with Crippen molar-refractivity contribution in [1.82, 2.24) is 0 Å². The van der Waals surface area contributed by atoms with Gasteiger partial charge in [-0.1, -0.05) is 23.7 Å². The van der Waals surface area contributed by atoms with E-state index in [9.17, 15) is 9.59 Å². The fraction of sp³-hybridized carbons (Fsp3) is 0.222. The third kappa shape index (κ3) is 2.78. The van der Waals surface area contributed by atoms with Crippen molar-refractivity contribution in [1.29, 1.82) is 0 Å². The van der Waals surface area contributed by atoms with Crippen LogP contribution in [0.1, 0.15) is 15.9 Å². The van der Waals surface area contributed by atoms with Crippen LogP contribution in [0.2, 0.25) is 5.02 Å². The number of rotatable bonds is 5. The maximum absolute atomic E-state index is 12.5. The van der Waals surface area contributed by atoms with E-state index in [1.165, 1.54) is 26.2 Å². The lowest BCUT2D eigenvalue weighted by atomic mass is 10.1. The number of amides is 1. The Morgan fingerprint density at radius 3 is 2.32 bits per heavy atom. The number of benzene rings is 2. The van der Waals surface area contributed by atoms with Gasteiger partial charge in [0.2, 0.25) is 5.75 Å². The van der Waals surface area contributed by atoms with Crippen LogP contribution in [0, 0.1) is 0 Å². The lowest BCUT2D eigenvalue weighted by Gasteiger charge is -2.19. The Kier molecular flexibility index (Phi) is 4.55. The summed E-state index contributed by atoms with van der Waals surface area (Å²) in [6, 6.07) is 8.71. The van der Waals surface area contributed by atoms with E-state index < -0.39 is 11.7 Å². The van der Waals surface area contributed by atoms with E-state index in [0.29, 0.717) is 16.5 Å². The Bertz CT molecular complexity index is 865. The first-order chi connectivity index (χ1) is 12.0. The predicted octanol–water partition coefficient (Wildman–Crippen LogP) is 3.10. The van der Waals surface area contributed by atoms with Crippen LogP contribution < -0.4 is 19.1 Å². The van der Waals surface area contributed by atoms with Crippen LogP contribution in [0.25, 0.3) is 0 Å². The zero-order chi connectivity index (χ0) is 18.1. The molecule has 0 atom stereocenters. The maximum Gasteiger partial charge on any atom is 0.299 e. The Labute approximate surface area is 149 Å². The molecule has 0 saturated heterocycles. The van der Waals surface area contributed by atoms with E-state index in [1.54, 1.807) is 24.3 Å². The van der Waals surface area contributed by atoms with Gasteiger partial charge in [-0.15, -0.1) is 0 Å². The van der Waals surface area contributed by atoms with E-state index in [-0.39, 0.29) is 23.6 Å². The highest BCUT2D eigenvalue weighted by molar-refractivity contribution is 6.53. The number of halogens is 1. The number of methoxy groups -OCH3 is 3. The molecule has 0 unspecified atom stereocenters. The van der Waals surface area contributed by atoms with Crippen molar-refractivity contribution in [2.24, 2.45) is 0 Å². The second-order valence-corrected chi connectivity index (χ2v) is 5.83. The first-order valence-electron chi connectivity index (χ1n) is 7.45. The van der Waals surface area contributed by atoms with Gasteiger partial charge in [0, 0.05) is 11.1 Å². The minimum Gasteiger partial charge on any atom is -0.493 e. The minimum absolute atomic E-state index is 0.173. The van der Waals surface area contributed by atoms with Gasteiger partial charge in [0.05, 0.1) is 39.1 Å². The number of anilines is 1. The van der Waals surface area contributed by atoms with Gasteiger partial charge in [-0.2, -0.15) is 0 Å². The number of Topliss-reactive ketones (excluding diaryl/α,β-unsaturated/α-hetero) is 1. The van der Waals surface area contributed by atoms with E-state index in [1.807, 2.05) is 6.07 Å². The summed E-state index contributed by atoms with van der Waals surface area (Å²) in [6.45, 7) is 0.205. The molecule has 1 amide bonds. The molecule has 2 aromatic rings. The third-order valence-electron chi connectivity index (χ3n) is 4.00. The predicted molar refractivity (Wildman–Crippen MR) is 93.1 cm³/mol. The molecule has 6 nitrogen and oxygen atoms in total. The van der Waals surface area contributed by atoms with Gasteiger partial charge < -0.3 is 19.1 Å². The molecule has 1 aliphatic heterocycles. The van der Waals surface area contributed by atoms with Gasteiger partial charge in [0.15, 0.2) is 11.5 Å². The first-order valence-corrected chi connectivity index (χ1v) is 7.83. The first kappa shape index (κ1) is 17.1. The van der Waals surface area contributed by atoms with Crippen molar-refractivity contribution in [3.63, 3.8) is 0 Å². The Hall–Kier alpha value is -2.73. The molecular weight excluding hydrogens is 346 g/mol. The lowest BCUT2D eigenvalue weighted by molar-refractivity contribution is -0.114. The summed E-state index contributed by atoms with van der Waals surface area (Å²) in [4.78, 5) is 26.4. The average molecular weight is 362 g/mol. The minimum atomic E-state index is -0.644. The van der Waals surface area contributed by atoms with Crippen molar-refractivity contribution < 1.29 is 23.8 Å². The van der Waals surface area contributed by atoms with Crippen LogP contribution >= 0.6 is 11.6 Å². The van der Waals surface area contributed by atoms with Crippen molar-refractivity contribution in [3.8, 4) is 17.2 Å². The Morgan fingerprint density at radius 1 is 1.00 bits per heavy atom. The molecule has 0 saturated carbocycles. The molecule has 130 valence electrons. The molecule has 0 bridgehead atoms. The molecule has 0 aliphatic carbocycles. The molecule has 0 radical (unpaired) electrons. The SMILES string of the molecule is COc1cc2c(c(OC)c1OC)C(=O)C(=O)N2Cc1cccc(Cl)c1. The fourth-order valence-corrected chi connectivity index (χ4v) is 3.10.